The lowest BCUT2D eigenvalue weighted by Gasteiger charge is -2.20. The highest BCUT2D eigenvalue weighted by Crippen LogP contribution is 2.25. The molecule has 0 saturated heterocycles. The van der Waals surface area contributed by atoms with Crippen molar-refractivity contribution in [3.8, 4) is 5.69 Å². The van der Waals surface area contributed by atoms with Crippen LogP contribution in [0.3, 0.4) is 0 Å². The number of aromatic nitrogens is 2. The molecule has 3 rings (SSSR count). The van der Waals surface area contributed by atoms with Crippen molar-refractivity contribution in [2.24, 2.45) is 5.92 Å². The summed E-state index contributed by atoms with van der Waals surface area (Å²) in [6, 6.07) is 8.29. The molecule has 0 radical (unpaired) electrons. The Hall–Kier alpha value is -4.28. The normalized spacial score (nSPS) is 14.3. The van der Waals surface area contributed by atoms with E-state index in [4.69, 9.17) is 9.47 Å². The first-order valence-electron chi connectivity index (χ1n) is 13.8. The van der Waals surface area contributed by atoms with Gasteiger partial charge in [-0.15, -0.1) is 0 Å². The summed E-state index contributed by atoms with van der Waals surface area (Å²) in [5, 5.41) is 2.70. The Labute approximate surface area is 237 Å². The molecule has 1 amide bonds. The van der Waals surface area contributed by atoms with Crippen molar-refractivity contribution < 1.29 is 23.9 Å². The number of nitrogens with one attached hydrogen (secondary N) is 1. The van der Waals surface area contributed by atoms with Crippen LogP contribution in [0.4, 0.5) is 4.79 Å². The van der Waals surface area contributed by atoms with E-state index in [0.717, 1.165) is 4.57 Å². The average Bonchev–Trinajstić information content (AvgIpc) is 2.98. The summed E-state index contributed by atoms with van der Waals surface area (Å²) >= 11 is 0. The molecule has 1 N–H and O–H groups in total. The number of hydrogen-bond donors (Lipinski definition) is 1. The lowest BCUT2D eigenvalue weighted by Crippen LogP contribution is -2.42. The fraction of sp³-hybridized carbons (Fsp3) is 0.467. The maximum atomic E-state index is 13.7. The molecule has 11 heteroatoms. The number of fused-ring (bicyclic) bond motifs is 1. The number of Topliss-reactive ketones (excluding diaryl/α,β-unsaturated/α-hetero) is 1. The van der Waals surface area contributed by atoms with Crippen LogP contribution in [-0.2, 0) is 20.8 Å². The molecule has 0 spiro atoms. The number of benzene rings is 1. The Bertz CT molecular complexity index is 1480. The van der Waals surface area contributed by atoms with Gasteiger partial charge in [-0.25, -0.2) is 4.79 Å². The molecule has 2 aromatic rings. The van der Waals surface area contributed by atoms with Crippen LogP contribution < -0.4 is 22.0 Å². The second-order valence-corrected chi connectivity index (χ2v) is 10.7. The Morgan fingerprint density at radius 3 is 2.32 bits per heavy atom. The van der Waals surface area contributed by atoms with Gasteiger partial charge in [-0.1, -0.05) is 37.1 Å². The molecule has 1 aromatic heterocycles. The SMILES string of the molecule is CCOC(=O)CCn1c(=O)c2c(n(-c3ccccc3)c(=O)c1=O)C=CC(CCCCCNC(=O)OC(C)(C)C)C2=O. The summed E-state index contributed by atoms with van der Waals surface area (Å²) in [7, 11) is 0. The fourth-order valence-electron chi connectivity index (χ4n) is 4.51. The van der Waals surface area contributed by atoms with Gasteiger partial charge in [0.05, 0.1) is 18.7 Å². The summed E-state index contributed by atoms with van der Waals surface area (Å²) in [4.78, 5) is 77.6. The van der Waals surface area contributed by atoms with E-state index in [0.29, 0.717) is 42.5 Å². The number of nitrogens with zero attached hydrogens (tertiary/aromatic N) is 2. The van der Waals surface area contributed by atoms with Gasteiger partial charge in [-0.2, -0.15) is 0 Å². The van der Waals surface area contributed by atoms with E-state index in [9.17, 15) is 28.8 Å². The largest absolute Gasteiger partial charge is 0.466 e. The van der Waals surface area contributed by atoms with Crippen LogP contribution in [0.15, 0.2) is 50.8 Å². The van der Waals surface area contributed by atoms with Gasteiger partial charge in [-0.05, 0) is 58.7 Å². The van der Waals surface area contributed by atoms with Crippen molar-refractivity contribution in [3.63, 3.8) is 0 Å². The van der Waals surface area contributed by atoms with Crippen molar-refractivity contribution in [3.05, 3.63) is 78.7 Å². The Morgan fingerprint density at radius 1 is 0.951 bits per heavy atom. The zero-order chi connectivity index (χ0) is 30.2. The van der Waals surface area contributed by atoms with Gasteiger partial charge in [-0.3, -0.25) is 33.1 Å². The van der Waals surface area contributed by atoms with Crippen molar-refractivity contribution in [1.29, 1.82) is 0 Å². The zero-order valence-electron chi connectivity index (χ0n) is 23.9. The molecule has 0 fully saturated rings. The first-order valence-corrected chi connectivity index (χ1v) is 13.8. The number of esters is 1. The first-order chi connectivity index (χ1) is 19.4. The van der Waals surface area contributed by atoms with Crippen LogP contribution in [0, 0.1) is 5.92 Å². The van der Waals surface area contributed by atoms with Crippen LogP contribution in [0.1, 0.15) is 75.9 Å². The number of alkyl carbamates (subject to hydrolysis) is 1. The van der Waals surface area contributed by atoms with Gasteiger partial charge in [0.2, 0.25) is 0 Å². The molecule has 1 heterocycles. The van der Waals surface area contributed by atoms with E-state index in [-0.39, 0.29) is 24.3 Å². The van der Waals surface area contributed by atoms with Gasteiger partial charge in [0.25, 0.3) is 5.56 Å². The van der Waals surface area contributed by atoms with E-state index in [1.54, 1.807) is 64.1 Å². The first kappa shape index (κ1) is 31.3. The lowest BCUT2D eigenvalue weighted by atomic mass is 9.87. The van der Waals surface area contributed by atoms with Crippen LogP contribution in [0.2, 0.25) is 0 Å². The minimum absolute atomic E-state index is 0.0287. The minimum Gasteiger partial charge on any atom is -0.466 e. The number of carbonyl (C=O) groups excluding carboxylic acids is 3. The Kier molecular flexibility index (Phi) is 10.6. The van der Waals surface area contributed by atoms with Crippen molar-refractivity contribution in [1.82, 2.24) is 14.5 Å². The molecular formula is C30H37N3O8. The van der Waals surface area contributed by atoms with E-state index in [1.807, 2.05) is 0 Å². The predicted molar refractivity (Wildman–Crippen MR) is 153 cm³/mol. The number of ketones is 1. The fourth-order valence-corrected chi connectivity index (χ4v) is 4.51. The maximum absolute atomic E-state index is 13.7. The third-order valence-corrected chi connectivity index (χ3v) is 6.38. The van der Waals surface area contributed by atoms with Gasteiger partial charge >= 0.3 is 23.2 Å². The Morgan fingerprint density at radius 2 is 1.66 bits per heavy atom. The second kappa shape index (κ2) is 13.9. The summed E-state index contributed by atoms with van der Waals surface area (Å²) in [5.41, 5.74) is -3.55. The zero-order valence-corrected chi connectivity index (χ0v) is 23.9. The monoisotopic (exact) mass is 567 g/mol. The number of hydrogen-bond acceptors (Lipinski definition) is 8. The molecule has 1 atom stereocenters. The number of carbonyl (C=O) groups is 3. The molecule has 1 unspecified atom stereocenters. The topological polar surface area (TPSA) is 143 Å². The minimum atomic E-state index is -1.13. The summed E-state index contributed by atoms with van der Waals surface area (Å²) in [6.07, 6.45) is 4.84. The van der Waals surface area contributed by atoms with E-state index in [1.165, 1.54) is 6.08 Å². The van der Waals surface area contributed by atoms with E-state index < -0.39 is 52.6 Å². The number of rotatable bonds is 11. The van der Waals surface area contributed by atoms with Gasteiger partial charge in [0.15, 0.2) is 5.78 Å². The highest BCUT2D eigenvalue weighted by atomic mass is 16.6. The lowest BCUT2D eigenvalue weighted by molar-refractivity contribution is -0.143. The number of para-hydroxylation sites is 1. The molecule has 41 heavy (non-hydrogen) atoms. The molecule has 0 saturated carbocycles. The van der Waals surface area contributed by atoms with Crippen molar-refractivity contribution in [2.75, 3.05) is 13.2 Å². The summed E-state index contributed by atoms with van der Waals surface area (Å²) in [6.45, 7) is 7.13. The smallest absolute Gasteiger partial charge is 0.407 e. The van der Waals surface area contributed by atoms with Crippen LogP contribution in [0.5, 0.6) is 0 Å². The number of allylic oxidation sites excluding steroid dienone is 1. The molecule has 1 aliphatic rings. The third kappa shape index (κ3) is 8.12. The standard InChI is InChI=1S/C30H37N3O8/c1-5-40-23(34)17-19-32-26(36)24-22(33(28(38)27(32)37)21-13-9-6-10-14-21)16-15-20(25(24)35)12-8-7-11-18-31-29(39)41-30(2,3)4/h6,9-10,13-16,20H,5,7-8,11-12,17-19H2,1-4H3,(H,31,39). The molecule has 0 aliphatic heterocycles. The highest BCUT2D eigenvalue weighted by molar-refractivity contribution is 6.03. The van der Waals surface area contributed by atoms with Gasteiger partial charge in [0.1, 0.15) is 11.2 Å². The molecule has 0 bridgehead atoms. The highest BCUT2D eigenvalue weighted by Gasteiger charge is 2.30. The number of ether oxygens (including phenoxy) is 2. The summed E-state index contributed by atoms with van der Waals surface area (Å²) < 4.78 is 11.8. The molecule has 220 valence electrons. The molecule has 1 aromatic carbocycles. The van der Waals surface area contributed by atoms with Gasteiger partial charge < -0.3 is 14.8 Å². The third-order valence-electron chi connectivity index (χ3n) is 6.38. The second-order valence-electron chi connectivity index (χ2n) is 10.7. The Balaban J connectivity index is 1.87. The maximum Gasteiger partial charge on any atom is 0.407 e. The van der Waals surface area contributed by atoms with E-state index in [2.05, 4.69) is 5.32 Å². The van der Waals surface area contributed by atoms with E-state index >= 15 is 0 Å². The number of unbranched alkanes of at least 4 members (excludes halogenated alkanes) is 2. The van der Waals surface area contributed by atoms with Crippen LogP contribution in [-0.4, -0.2) is 45.7 Å². The number of amides is 1. The average molecular weight is 568 g/mol. The molecule has 11 nitrogen and oxygen atoms in total. The van der Waals surface area contributed by atoms with Crippen LogP contribution in [0.25, 0.3) is 11.8 Å². The summed E-state index contributed by atoms with van der Waals surface area (Å²) in [5.74, 6) is -1.76. The van der Waals surface area contributed by atoms with Crippen molar-refractivity contribution >= 4 is 23.9 Å². The molecular weight excluding hydrogens is 530 g/mol. The predicted octanol–water partition coefficient (Wildman–Crippen LogP) is 3.22. The van der Waals surface area contributed by atoms with Crippen LogP contribution >= 0.6 is 0 Å². The van der Waals surface area contributed by atoms with Gasteiger partial charge in [0, 0.05) is 24.7 Å². The quantitative estimate of drug-likeness (QED) is 0.248. The molecule has 1 aliphatic carbocycles. The van der Waals surface area contributed by atoms with Crippen molar-refractivity contribution in [2.45, 2.75) is 71.9 Å².